The Balaban J connectivity index is 0.00000147. The predicted molar refractivity (Wildman–Crippen MR) is 81.2 cm³/mol. The molecule has 3 rings (SSSR count). The zero-order chi connectivity index (χ0) is 13.2. The van der Waals surface area contributed by atoms with E-state index >= 15 is 0 Å². The highest BCUT2D eigenvalue weighted by molar-refractivity contribution is 5.85. The lowest BCUT2D eigenvalue weighted by Gasteiger charge is -2.28. The van der Waals surface area contributed by atoms with Crippen molar-refractivity contribution in [3.05, 3.63) is 0 Å². The second-order valence-corrected chi connectivity index (χ2v) is 6.36. The number of nitrogens with one attached hydrogen (secondary N) is 1. The molecule has 4 nitrogen and oxygen atoms in total. The van der Waals surface area contributed by atoms with Gasteiger partial charge in [-0.3, -0.25) is 4.79 Å². The first-order chi connectivity index (χ1) is 9.24. The van der Waals surface area contributed by atoms with Crippen molar-refractivity contribution >= 4 is 18.3 Å². The number of halogens is 1. The molecule has 0 aromatic heterocycles. The average Bonchev–Trinajstić information content (AvgIpc) is 2.89. The number of hydrogen-bond donors (Lipinski definition) is 1. The lowest BCUT2D eigenvalue weighted by atomic mass is 10.1. The highest BCUT2D eigenvalue weighted by atomic mass is 35.5. The quantitative estimate of drug-likeness (QED) is 0.868. The van der Waals surface area contributed by atoms with Crippen molar-refractivity contribution in [3.63, 3.8) is 0 Å². The highest BCUT2D eigenvalue weighted by Crippen LogP contribution is 2.30. The Labute approximate surface area is 128 Å². The van der Waals surface area contributed by atoms with Gasteiger partial charge in [-0.25, -0.2) is 0 Å². The molecular weight excluding hydrogens is 276 g/mol. The van der Waals surface area contributed by atoms with Gasteiger partial charge in [-0.05, 0) is 52.0 Å². The summed E-state index contributed by atoms with van der Waals surface area (Å²) >= 11 is 0. The van der Waals surface area contributed by atoms with Crippen molar-refractivity contribution in [1.29, 1.82) is 0 Å². The molecule has 116 valence electrons. The molecule has 5 heteroatoms. The van der Waals surface area contributed by atoms with Gasteiger partial charge in [-0.2, -0.15) is 0 Å². The molecule has 1 amide bonds. The van der Waals surface area contributed by atoms with E-state index in [1.165, 1.54) is 12.8 Å². The Morgan fingerprint density at radius 1 is 1.20 bits per heavy atom. The fourth-order valence-corrected chi connectivity index (χ4v) is 3.90. The molecule has 0 aromatic rings. The van der Waals surface area contributed by atoms with Crippen LogP contribution < -0.4 is 5.32 Å². The molecule has 3 heterocycles. The number of carbonyl (C=O) groups excluding carboxylic acids is 1. The third kappa shape index (κ3) is 3.46. The monoisotopic (exact) mass is 302 g/mol. The maximum absolute atomic E-state index is 12.5. The third-order valence-electron chi connectivity index (χ3n) is 4.94. The highest BCUT2D eigenvalue weighted by Gasteiger charge is 2.37. The lowest BCUT2D eigenvalue weighted by Crippen LogP contribution is -2.42. The molecule has 2 bridgehead atoms. The minimum atomic E-state index is 0. The summed E-state index contributed by atoms with van der Waals surface area (Å²) in [7, 11) is 0. The van der Waals surface area contributed by atoms with Crippen LogP contribution in [0.15, 0.2) is 0 Å². The van der Waals surface area contributed by atoms with Gasteiger partial charge in [0.15, 0.2) is 0 Å². The van der Waals surface area contributed by atoms with E-state index in [1.807, 2.05) is 0 Å². The molecule has 3 aliphatic heterocycles. The smallest absolute Gasteiger partial charge is 0.223 e. The molecule has 20 heavy (non-hydrogen) atoms. The Bertz CT molecular complexity index is 326. The number of rotatable bonds is 3. The Morgan fingerprint density at radius 2 is 2.00 bits per heavy atom. The van der Waals surface area contributed by atoms with Crippen molar-refractivity contribution < 1.29 is 9.53 Å². The van der Waals surface area contributed by atoms with E-state index in [4.69, 9.17) is 4.74 Å². The molecule has 3 saturated heterocycles. The summed E-state index contributed by atoms with van der Waals surface area (Å²) in [6.45, 7) is 4.18. The average molecular weight is 303 g/mol. The van der Waals surface area contributed by atoms with Crippen LogP contribution in [0.25, 0.3) is 0 Å². The van der Waals surface area contributed by atoms with Gasteiger partial charge < -0.3 is 15.0 Å². The first-order valence-corrected chi connectivity index (χ1v) is 7.91. The SMILES string of the molecule is CC1CCC(CCC(=O)N2C3CCNCC2CC3)O1.Cl. The van der Waals surface area contributed by atoms with E-state index in [0.717, 1.165) is 38.8 Å². The molecule has 0 aromatic carbocycles. The third-order valence-corrected chi connectivity index (χ3v) is 4.94. The van der Waals surface area contributed by atoms with Gasteiger partial charge in [0, 0.05) is 25.0 Å². The predicted octanol–water partition coefficient (Wildman–Crippen LogP) is 2.11. The lowest BCUT2D eigenvalue weighted by molar-refractivity contribution is -0.134. The number of ether oxygens (including phenoxy) is 1. The van der Waals surface area contributed by atoms with Crippen LogP contribution in [0.4, 0.5) is 0 Å². The molecular formula is C15H27ClN2O2. The van der Waals surface area contributed by atoms with Crippen molar-refractivity contribution in [3.8, 4) is 0 Å². The first kappa shape index (κ1) is 16.1. The van der Waals surface area contributed by atoms with Crippen LogP contribution in [-0.2, 0) is 9.53 Å². The maximum atomic E-state index is 12.5. The van der Waals surface area contributed by atoms with Crippen molar-refractivity contribution in [2.24, 2.45) is 0 Å². The van der Waals surface area contributed by atoms with Crippen LogP contribution in [-0.4, -0.2) is 48.2 Å². The second kappa shape index (κ2) is 7.10. The summed E-state index contributed by atoms with van der Waals surface area (Å²) in [5.74, 6) is 0.361. The number of fused-ring (bicyclic) bond motifs is 2. The molecule has 4 atom stereocenters. The fraction of sp³-hybridized carbons (Fsp3) is 0.933. The summed E-state index contributed by atoms with van der Waals surface area (Å²) in [6, 6.07) is 0.944. The van der Waals surface area contributed by atoms with E-state index in [-0.39, 0.29) is 12.4 Å². The van der Waals surface area contributed by atoms with Gasteiger partial charge in [-0.1, -0.05) is 0 Å². The zero-order valence-corrected chi connectivity index (χ0v) is 13.2. The van der Waals surface area contributed by atoms with E-state index in [9.17, 15) is 4.79 Å². The molecule has 0 aliphatic carbocycles. The summed E-state index contributed by atoms with van der Waals surface area (Å²) in [5.41, 5.74) is 0. The number of amides is 1. The first-order valence-electron chi connectivity index (χ1n) is 7.91. The number of hydrogen-bond acceptors (Lipinski definition) is 3. The van der Waals surface area contributed by atoms with Crippen molar-refractivity contribution in [1.82, 2.24) is 10.2 Å². The van der Waals surface area contributed by atoms with Gasteiger partial charge >= 0.3 is 0 Å². The van der Waals surface area contributed by atoms with E-state index in [2.05, 4.69) is 17.1 Å². The maximum Gasteiger partial charge on any atom is 0.223 e. The van der Waals surface area contributed by atoms with Crippen molar-refractivity contribution in [2.45, 2.75) is 76.2 Å². The Morgan fingerprint density at radius 3 is 2.75 bits per heavy atom. The summed E-state index contributed by atoms with van der Waals surface area (Å²) in [4.78, 5) is 14.7. The van der Waals surface area contributed by atoms with E-state index in [0.29, 0.717) is 36.6 Å². The van der Waals surface area contributed by atoms with E-state index < -0.39 is 0 Å². The molecule has 0 saturated carbocycles. The van der Waals surface area contributed by atoms with Gasteiger partial charge in [-0.15, -0.1) is 12.4 Å². The molecule has 3 fully saturated rings. The van der Waals surface area contributed by atoms with Crippen LogP contribution in [0, 0.1) is 0 Å². The van der Waals surface area contributed by atoms with Gasteiger partial charge in [0.05, 0.1) is 12.2 Å². The second-order valence-electron chi connectivity index (χ2n) is 6.36. The van der Waals surface area contributed by atoms with Crippen LogP contribution >= 0.6 is 12.4 Å². The number of nitrogens with zero attached hydrogens (tertiary/aromatic N) is 1. The number of carbonyl (C=O) groups is 1. The molecule has 0 spiro atoms. The minimum Gasteiger partial charge on any atom is -0.375 e. The van der Waals surface area contributed by atoms with Crippen LogP contribution in [0.1, 0.15) is 51.9 Å². The van der Waals surface area contributed by atoms with E-state index in [1.54, 1.807) is 0 Å². The largest absolute Gasteiger partial charge is 0.375 e. The molecule has 0 radical (unpaired) electrons. The van der Waals surface area contributed by atoms with Crippen LogP contribution in [0.3, 0.4) is 0 Å². The van der Waals surface area contributed by atoms with Gasteiger partial charge in [0.1, 0.15) is 0 Å². The minimum absolute atomic E-state index is 0. The molecule has 1 N–H and O–H groups in total. The van der Waals surface area contributed by atoms with Crippen LogP contribution in [0.2, 0.25) is 0 Å². The standard InChI is InChI=1S/C15H26N2O2.ClH/c1-11-2-5-14(19-11)6-7-15(18)17-12-3-4-13(17)10-16-9-8-12;/h11-14,16H,2-10H2,1H3;1H. The summed E-state index contributed by atoms with van der Waals surface area (Å²) < 4.78 is 5.81. The zero-order valence-electron chi connectivity index (χ0n) is 12.3. The topological polar surface area (TPSA) is 41.6 Å². The fourth-order valence-electron chi connectivity index (χ4n) is 3.90. The van der Waals surface area contributed by atoms with Gasteiger partial charge in [0.25, 0.3) is 0 Å². The van der Waals surface area contributed by atoms with Gasteiger partial charge in [0.2, 0.25) is 5.91 Å². The normalized spacial score (nSPS) is 36.5. The summed E-state index contributed by atoms with van der Waals surface area (Å²) in [5, 5.41) is 3.45. The summed E-state index contributed by atoms with van der Waals surface area (Å²) in [6.07, 6.45) is 8.08. The van der Waals surface area contributed by atoms with Crippen molar-refractivity contribution in [2.75, 3.05) is 13.1 Å². The molecule has 3 aliphatic rings. The van der Waals surface area contributed by atoms with Crippen LogP contribution in [0.5, 0.6) is 0 Å². The molecule has 4 unspecified atom stereocenters. The Kier molecular flexibility index (Phi) is 5.70. The Hall–Kier alpha value is -0.320.